The van der Waals surface area contributed by atoms with Crippen LogP contribution in [0.3, 0.4) is 0 Å². The molecule has 4 heterocycles. The van der Waals surface area contributed by atoms with Crippen LogP contribution < -0.4 is 15.5 Å². The number of carbonyl (C=O) groups excluding carboxylic acids is 1. The molecule has 1 saturated heterocycles. The quantitative estimate of drug-likeness (QED) is 0.634. The number of rotatable bonds is 5. The van der Waals surface area contributed by atoms with Crippen molar-refractivity contribution in [2.75, 3.05) is 36.4 Å². The molecule has 8 heteroatoms. The predicted octanol–water partition coefficient (Wildman–Crippen LogP) is 2.58. The number of nitrogens with one attached hydrogen (secondary N) is 2. The third kappa shape index (κ3) is 4.77. The summed E-state index contributed by atoms with van der Waals surface area (Å²) in [4.78, 5) is 27.0. The molecule has 1 aliphatic rings. The normalized spacial score (nSPS) is 13.9. The van der Waals surface area contributed by atoms with Gasteiger partial charge < -0.3 is 15.5 Å². The first kappa shape index (κ1) is 19.9. The van der Waals surface area contributed by atoms with Crippen LogP contribution in [0.4, 0.5) is 15.9 Å². The summed E-state index contributed by atoms with van der Waals surface area (Å²) in [6.07, 6.45) is 5.02. The molecule has 1 aliphatic heterocycles. The van der Waals surface area contributed by atoms with Gasteiger partial charge in [0.25, 0.3) is 0 Å². The number of carbonyl (C=O) groups is 1. The summed E-state index contributed by atoms with van der Waals surface area (Å²) >= 11 is 0. The Bertz CT molecular complexity index is 1030. The van der Waals surface area contributed by atoms with Crippen LogP contribution >= 0.6 is 0 Å². The highest BCUT2D eigenvalue weighted by Gasteiger charge is 2.12. The molecule has 0 spiro atoms. The lowest BCUT2D eigenvalue weighted by Gasteiger charge is -2.29. The Morgan fingerprint density at radius 1 is 1.13 bits per heavy atom. The highest BCUT2D eigenvalue weighted by atomic mass is 19.1. The number of piperazine rings is 1. The smallest absolute Gasteiger partial charge is 0.230 e. The molecule has 3 aromatic rings. The number of aromatic nitrogens is 3. The van der Waals surface area contributed by atoms with Crippen molar-refractivity contribution in [3.8, 4) is 11.3 Å². The maximum absolute atomic E-state index is 13.4. The van der Waals surface area contributed by atoms with Crippen molar-refractivity contribution < 1.29 is 9.18 Å². The second-order valence-corrected chi connectivity index (χ2v) is 7.24. The number of amides is 1. The lowest BCUT2D eigenvalue weighted by molar-refractivity contribution is -0.115. The highest BCUT2D eigenvalue weighted by Crippen LogP contribution is 2.22. The minimum Gasteiger partial charge on any atom is -0.368 e. The van der Waals surface area contributed by atoms with Gasteiger partial charge in [0.1, 0.15) is 5.82 Å². The molecule has 0 aliphatic carbocycles. The van der Waals surface area contributed by atoms with Crippen molar-refractivity contribution in [1.82, 2.24) is 20.3 Å². The Hall–Kier alpha value is -3.39. The van der Waals surface area contributed by atoms with Crippen LogP contribution in [0, 0.1) is 12.9 Å². The van der Waals surface area contributed by atoms with Crippen molar-refractivity contribution in [2.24, 2.45) is 0 Å². The van der Waals surface area contributed by atoms with Gasteiger partial charge in [0.2, 0.25) is 11.9 Å². The first-order valence-corrected chi connectivity index (χ1v) is 9.87. The number of hydrogen-bond donors (Lipinski definition) is 2. The summed E-state index contributed by atoms with van der Waals surface area (Å²) in [6.45, 7) is 5.70. The summed E-state index contributed by atoms with van der Waals surface area (Å²) in [7, 11) is 0. The van der Waals surface area contributed by atoms with Gasteiger partial charge in [-0.1, -0.05) is 6.07 Å². The largest absolute Gasteiger partial charge is 0.368 e. The lowest BCUT2D eigenvalue weighted by Crippen LogP contribution is -2.43. The summed E-state index contributed by atoms with van der Waals surface area (Å²) in [5.41, 5.74) is 4.03. The zero-order valence-electron chi connectivity index (χ0n) is 16.7. The molecular formula is C22H23FN6O. The van der Waals surface area contributed by atoms with E-state index in [9.17, 15) is 9.18 Å². The minimum absolute atomic E-state index is 0.165. The van der Waals surface area contributed by atoms with Crippen molar-refractivity contribution in [3.63, 3.8) is 0 Å². The molecule has 0 radical (unpaired) electrons. The van der Waals surface area contributed by atoms with Crippen molar-refractivity contribution in [1.29, 1.82) is 0 Å². The van der Waals surface area contributed by atoms with Gasteiger partial charge in [-0.05, 0) is 36.2 Å². The summed E-state index contributed by atoms with van der Waals surface area (Å²) in [5, 5.41) is 6.15. The molecule has 0 aromatic carbocycles. The number of halogens is 1. The molecule has 0 bridgehead atoms. The maximum Gasteiger partial charge on any atom is 0.230 e. The van der Waals surface area contributed by atoms with E-state index in [2.05, 4.69) is 30.5 Å². The average Bonchev–Trinajstić information content (AvgIpc) is 2.75. The van der Waals surface area contributed by atoms with Gasteiger partial charge in [-0.3, -0.25) is 9.78 Å². The van der Waals surface area contributed by atoms with E-state index in [1.54, 1.807) is 18.5 Å². The van der Waals surface area contributed by atoms with E-state index in [1.807, 2.05) is 25.1 Å². The van der Waals surface area contributed by atoms with E-state index in [1.165, 1.54) is 12.3 Å². The Balaban J connectivity index is 1.38. The fraction of sp³-hybridized carbons (Fsp3) is 0.273. The molecule has 0 unspecified atom stereocenters. The van der Waals surface area contributed by atoms with Gasteiger partial charge in [0.05, 0.1) is 24.0 Å². The first-order chi connectivity index (χ1) is 14.6. The van der Waals surface area contributed by atoms with Crippen molar-refractivity contribution in [3.05, 3.63) is 66.0 Å². The topological polar surface area (TPSA) is 83.0 Å². The minimum atomic E-state index is -0.548. The van der Waals surface area contributed by atoms with E-state index < -0.39 is 5.95 Å². The zero-order valence-corrected chi connectivity index (χ0v) is 16.7. The van der Waals surface area contributed by atoms with Gasteiger partial charge in [-0.25, -0.2) is 9.97 Å². The van der Waals surface area contributed by atoms with Gasteiger partial charge in [-0.2, -0.15) is 4.39 Å². The zero-order chi connectivity index (χ0) is 20.9. The second-order valence-electron chi connectivity index (χ2n) is 7.24. The molecular weight excluding hydrogens is 383 g/mol. The summed E-state index contributed by atoms with van der Waals surface area (Å²) in [5.74, 6) is -0.193. The first-order valence-electron chi connectivity index (χ1n) is 9.87. The third-order valence-corrected chi connectivity index (χ3v) is 5.00. The Labute approximate surface area is 174 Å². The summed E-state index contributed by atoms with van der Waals surface area (Å²) in [6, 6.07) is 8.74. The monoisotopic (exact) mass is 406 g/mol. The standard InChI is InChI=1S/C22H23FN6O/c1-15-10-16(13-27-22(15)17-4-5-25-19(23)12-17)11-21(30)28-20-3-2-18(14-26-20)29-8-6-24-7-9-29/h2-5,10,12-14,24H,6-9,11H2,1H3,(H,26,28,30). The fourth-order valence-corrected chi connectivity index (χ4v) is 3.52. The Morgan fingerprint density at radius 2 is 1.97 bits per heavy atom. The molecule has 0 saturated carbocycles. The van der Waals surface area contributed by atoms with Crippen LogP contribution in [0.15, 0.2) is 48.9 Å². The van der Waals surface area contributed by atoms with Gasteiger partial charge >= 0.3 is 0 Å². The van der Waals surface area contributed by atoms with E-state index in [4.69, 9.17) is 0 Å². The van der Waals surface area contributed by atoms with Gasteiger partial charge in [0, 0.05) is 50.2 Å². The molecule has 4 rings (SSSR count). The number of aryl methyl sites for hydroxylation is 1. The van der Waals surface area contributed by atoms with E-state index in [-0.39, 0.29) is 12.3 Å². The maximum atomic E-state index is 13.4. The molecule has 0 atom stereocenters. The molecule has 154 valence electrons. The molecule has 1 fully saturated rings. The van der Waals surface area contributed by atoms with Gasteiger partial charge in [0.15, 0.2) is 0 Å². The van der Waals surface area contributed by atoms with Crippen LogP contribution in [0.1, 0.15) is 11.1 Å². The average molecular weight is 406 g/mol. The van der Waals surface area contributed by atoms with Crippen LogP contribution in [-0.2, 0) is 11.2 Å². The van der Waals surface area contributed by atoms with Crippen molar-refractivity contribution in [2.45, 2.75) is 13.3 Å². The van der Waals surface area contributed by atoms with Crippen LogP contribution in [0.5, 0.6) is 0 Å². The van der Waals surface area contributed by atoms with Gasteiger partial charge in [-0.15, -0.1) is 0 Å². The number of pyridine rings is 3. The Morgan fingerprint density at radius 3 is 2.67 bits per heavy atom. The van der Waals surface area contributed by atoms with Crippen molar-refractivity contribution >= 4 is 17.4 Å². The predicted molar refractivity (Wildman–Crippen MR) is 114 cm³/mol. The van der Waals surface area contributed by atoms with Crippen LogP contribution in [0.25, 0.3) is 11.3 Å². The number of nitrogens with zero attached hydrogens (tertiary/aromatic N) is 4. The van der Waals surface area contributed by atoms with E-state index in [0.29, 0.717) is 17.1 Å². The number of anilines is 2. The van der Waals surface area contributed by atoms with Crippen LogP contribution in [-0.4, -0.2) is 47.0 Å². The SMILES string of the molecule is Cc1cc(CC(=O)Nc2ccc(N3CCNCC3)cn2)cnc1-c1ccnc(F)c1. The van der Waals surface area contributed by atoms with Crippen LogP contribution in [0.2, 0.25) is 0 Å². The molecule has 7 nitrogen and oxygen atoms in total. The lowest BCUT2D eigenvalue weighted by atomic mass is 10.0. The highest BCUT2D eigenvalue weighted by molar-refractivity contribution is 5.91. The van der Waals surface area contributed by atoms with E-state index in [0.717, 1.165) is 43.0 Å². The molecule has 2 N–H and O–H groups in total. The summed E-state index contributed by atoms with van der Waals surface area (Å²) < 4.78 is 13.4. The number of hydrogen-bond acceptors (Lipinski definition) is 6. The fourth-order valence-electron chi connectivity index (χ4n) is 3.52. The van der Waals surface area contributed by atoms with E-state index >= 15 is 0 Å². The molecule has 1 amide bonds. The second kappa shape index (κ2) is 8.96. The third-order valence-electron chi connectivity index (χ3n) is 5.00. The molecule has 3 aromatic heterocycles. The molecule has 30 heavy (non-hydrogen) atoms. The Kier molecular flexibility index (Phi) is 5.94.